The zero-order valence-corrected chi connectivity index (χ0v) is 13.3. The fourth-order valence-corrected chi connectivity index (χ4v) is 2.92. The Bertz CT molecular complexity index is 736. The maximum atomic E-state index is 11.8. The number of aromatic nitrogens is 4. The highest BCUT2D eigenvalue weighted by Crippen LogP contribution is 2.33. The number of rotatable bonds is 6. The first kappa shape index (κ1) is 15.4. The minimum absolute atomic E-state index is 0.0658. The normalized spacial score (nSPS) is 13.8. The molecule has 1 aliphatic carbocycles. The van der Waals surface area contributed by atoms with Gasteiger partial charge in [-0.1, -0.05) is 11.3 Å². The summed E-state index contributed by atoms with van der Waals surface area (Å²) in [5, 5.41) is 23.5. The number of carboxylic acid groups (broad SMARTS) is 1. The second-order valence-electron chi connectivity index (χ2n) is 5.38. The van der Waals surface area contributed by atoms with Crippen molar-refractivity contribution in [3.8, 4) is 0 Å². The first-order chi connectivity index (χ1) is 11.0. The Hall–Kier alpha value is -2.49. The van der Waals surface area contributed by atoms with Gasteiger partial charge in [-0.3, -0.25) is 5.32 Å². The number of hydrogen-bond acceptors (Lipinski definition) is 6. The lowest BCUT2D eigenvalue weighted by atomic mass is 10.3. The van der Waals surface area contributed by atoms with Crippen LogP contribution in [0.3, 0.4) is 0 Å². The zero-order chi connectivity index (χ0) is 16.4. The number of nitrogens with zero attached hydrogens (tertiary/aromatic N) is 4. The molecule has 9 nitrogen and oxygen atoms in total. The summed E-state index contributed by atoms with van der Waals surface area (Å²) < 4.78 is 1.42. The monoisotopic (exact) mass is 336 g/mol. The van der Waals surface area contributed by atoms with Gasteiger partial charge in [0.15, 0.2) is 0 Å². The summed E-state index contributed by atoms with van der Waals surface area (Å²) in [6.07, 6.45) is 4.66. The zero-order valence-electron chi connectivity index (χ0n) is 12.4. The van der Waals surface area contributed by atoms with E-state index in [1.54, 1.807) is 7.05 Å². The van der Waals surface area contributed by atoms with Gasteiger partial charge < -0.3 is 15.0 Å². The fourth-order valence-electron chi connectivity index (χ4n) is 2.07. The number of urea groups is 1. The van der Waals surface area contributed by atoms with Crippen LogP contribution in [-0.4, -0.2) is 36.9 Å². The average molecular weight is 336 g/mol. The molecule has 2 heterocycles. The van der Waals surface area contributed by atoms with Crippen LogP contribution in [0.1, 0.15) is 34.2 Å². The highest BCUT2D eigenvalue weighted by atomic mass is 32.1. The van der Waals surface area contributed by atoms with E-state index in [9.17, 15) is 9.59 Å². The second kappa shape index (κ2) is 6.32. The number of anilines is 1. The van der Waals surface area contributed by atoms with Crippen molar-refractivity contribution in [2.24, 2.45) is 13.0 Å². The van der Waals surface area contributed by atoms with Crippen molar-refractivity contribution in [2.45, 2.75) is 25.8 Å². The van der Waals surface area contributed by atoms with Gasteiger partial charge in [-0.05, 0) is 18.8 Å². The van der Waals surface area contributed by atoms with Gasteiger partial charge in [0, 0.05) is 13.5 Å². The molecular weight excluding hydrogens is 320 g/mol. The summed E-state index contributed by atoms with van der Waals surface area (Å²) >= 11 is 1.37. The molecule has 1 saturated carbocycles. The van der Waals surface area contributed by atoms with E-state index < -0.39 is 12.0 Å². The molecule has 3 N–H and O–H groups in total. The summed E-state index contributed by atoms with van der Waals surface area (Å²) in [7, 11) is 1.58. The molecule has 10 heteroatoms. The molecule has 122 valence electrons. The third-order valence-electron chi connectivity index (χ3n) is 3.56. The van der Waals surface area contributed by atoms with E-state index in [0.717, 1.165) is 17.3 Å². The van der Waals surface area contributed by atoms with E-state index in [1.165, 1.54) is 34.9 Å². The Kier molecular flexibility index (Phi) is 4.24. The quantitative estimate of drug-likeness (QED) is 0.729. The molecule has 0 aromatic carbocycles. The molecule has 0 radical (unpaired) electrons. The Morgan fingerprint density at radius 3 is 2.87 bits per heavy atom. The van der Waals surface area contributed by atoms with Crippen molar-refractivity contribution in [2.75, 3.05) is 5.32 Å². The van der Waals surface area contributed by atoms with Gasteiger partial charge in [-0.25, -0.2) is 14.6 Å². The summed E-state index contributed by atoms with van der Waals surface area (Å²) in [5.74, 6) is 0.105. The smallest absolute Gasteiger partial charge is 0.354 e. The Balaban J connectivity index is 1.51. The number of carbonyl (C=O) groups excluding carboxylic acids is 1. The highest BCUT2D eigenvalue weighted by Gasteiger charge is 2.23. The van der Waals surface area contributed by atoms with Gasteiger partial charge in [0.1, 0.15) is 16.5 Å². The Morgan fingerprint density at radius 2 is 2.22 bits per heavy atom. The Morgan fingerprint density at radius 1 is 1.43 bits per heavy atom. The van der Waals surface area contributed by atoms with Crippen LogP contribution in [0.25, 0.3) is 0 Å². The third kappa shape index (κ3) is 3.83. The molecule has 3 rings (SSSR count). The molecule has 0 spiro atoms. The maximum Gasteiger partial charge on any atom is 0.354 e. The lowest BCUT2D eigenvalue weighted by molar-refractivity contribution is 0.0686. The SMILES string of the molecule is Cn1c(C(=O)O)cnc1CNC(=O)Nc1nnc(CC2CC2)s1. The van der Waals surface area contributed by atoms with E-state index in [4.69, 9.17) is 5.11 Å². The molecule has 2 aromatic heterocycles. The summed E-state index contributed by atoms with van der Waals surface area (Å²) in [5.41, 5.74) is 0.0658. The van der Waals surface area contributed by atoms with E-state index in [2.05, 4.69) is 25.8 Å². The third-order valence-corrected chi connectivity index (χ3v) is 4.42. The number of carboxylic acids is 1. The van der Waals surface area contributed by atoms with E-state index >= 15 is 0 Å². The molecule has 2 aromatic rings. The molecule has 23 heavy (non-hydrogen) atoms. The Labute approximate surface area is 135 Å². The van der Waals surface area contributed by atoms with Gasteiger partial charge in [-0.2, -0.15) is 0 Å². The van der Waals surface area contributed by atoms with E-state index in [1.807, 2.05) is 0 Å². The molecule has 1 aliphatic rings. The number of nitrogens with one attached hydrogen (secondary N) is 2. The van der Waals surface area contributed by atoms with Crippen LogP contribution in [0, 0.1) is 5.92 Å². The number of amides is 2. The molecule has 0 bridgehead atoms. The average Bonchev–Trinajstić information content (AvgIpc) is 3.07. The molecule has 0 aliphatic heterocycles. The van der Waals surface area contributed by atoms with E-state index in [0.29, 0.717) is 11.0 Å². The van der Waals surface area contributed by atoms with Crippen LogP contribution >= 0.6 is 11.3 Å². The van der Waals surface area contributed by atoms with Gasteiger partial charge >= 0.3 is 12.0 Å². The van der Waals surface area contributed by atoms with Gasteiger partial charge in [0.25, 0.3) is 0 Å². The van der Waals surface area contributed by atoms with Crippen LogP contribution in [0.2, 0.25) is 0 Å². The van der Waals surface area contributed by atoms with Crippen LogP contribution in [0.15, 0.2) is 6.20 Å². The standard InChI is InChI=1S/C13H16N6O3S/c1-19-8(11(20)21)5-14-9(19)6-15-12(22)16-13-18-17-10(23-13)4-7-2-3-7/h5,7H,2-4,6H2,1H3,(H,20,21)(H2,15,16,18,22). The number of carbonyl (C=O) groups is 2. The fraction of sp³-hybridized carbons (Fsp3) is 0.462. The number of aromatic carboxylic acids is 1. The molecule has 2 amide bonds. The lowest BCUT2D eigenvalue weighted by Gasteiger charge is -2.06. The van der Waals surface area contributed by atoms with Crippen LogP contribution in [0.4, 0.5) is 9.93 Å². The summed E-state index contributed by atoms with van der Waals surface area (Å²) in [6, 6.07) is -0.431. The summed E-state index contributed by atoms with van der Waals surface area (Å²) in [4.78, 5) is 26.7. The number of imidazole rings is 1. The second-order valence-corrected chi connectivity index (χ2v) is 6.44. The molecular formula is C13H16N6O3S. The van der Waals surface area contributed by atoms with Gasteiger partial charge in [-0.15, -0.1) is 10.2 Å². The van der Waals surface area contributed by atoms with Crippen molar-refractivity contribution < 1.29 is 14.7 Å². The van der Waals surface area contributed by atoms with Crippen LogP contribution in [0.5, 0.6) is 0 Å². The van der Waals surface area contributed by atoms with Crippen molar-refractivity contribution in [1.82, 2.24) is 25.1 Å². The van der Waals surface area contributed by atoms with Gasteiger partial charge in [0.2, 0.25) is 5.13 Å². The van der Waals surface area contributed by atoms with Crippen molar-refractivity contribution in [1.29, 1.82) is 0 Å². The lowest BCUT2D eigenvalue weighted by Crippen LogP contribution is -2.29. The number of hydrogen-bond donors (Lipinski definition) is 3. The first-order valence-corrected chi connectivity index (χ1v) is 7.95. The largest absolute Gasteiger partial charge is 0.477 e. The molecule has 0 unspecified atom stereocenters. The summed E-state index contributed by atoms with van der Waals surface area (Å²) in [6.45, 7) is 0.114. The van der Waals surface area contributed by atoms with Gasteiger partial charge in [0.05, 0.1) is 12.7 Å². The van der Waals surface area contributed by atoms with Crippen molar-refractivity contribution in [3.63, 3.8) is 0 Å². The predicted molar refractivity (Wildman–Crippen MR) is 82.4 cm³/mol. The van der Waals surface area contributed by atoms with Crippen LogP contribution < -0.4 is 10.6 Å². The minimum Gasteiger partial charge on any atom is -0.477 e. The maximum absolute atomic E-state index is 11.8. The molecule has 1 fully saturated rings. The minimum atomic E-state index is -1.06. The first-order valence-electron chi connectivity index (χ1n) is 7.14. The molecule has 0 saturated heterocycles. The topological polar surface area (TPSA) is 122 Å². The van der Waals surface area contributed by atoms with Crippen molar-refractivity contribution in [3.05, 3.63) is 22.7 Å². The van der Waals surface area contributed by atoms with E-state index in [-0.39, 0.29) is 12.2 Å². The predicted octanol–water partition coefficient (Wildman–Crippen LogP) is 1.24. The highest BCUT2D eigenvalue weighted by molar-refractivity contribution is 7.15. The van der Waals surface area contributed by atoms with Crippen LogP contribution in [-0.2, 0) is 20.0 Å². The van der Waals surface area contributed by atoms with Crippen molar-refractivity contribution >= 4 is 28.5 Å². The molecule has 0 atom stereocenters.